The minimum absolute atomic E-state index is 0.435. The summed E-state index contributed by atoms with van der Waals surface area (Å²) in [5.74, 6) is 0. The van der Waals surface area contributed by atoms with Gasteiger partial charge in [-0.05, 0) is 44.5 Å². The molecule has 1 aromatic rings. The van der Waals surface area contributed by atoms with Gasteiger partial charge in [-0.1, -0.05) is 31.2 Å². The van der Waals surface area contributed by atoms with Crippen LogP contribution in [0.25, 0.3) is 0 Å². The second-order valence-electron chi connectivity index (χ2n) is 5.87. The summed E-state index contributed by atoms with van der Waals surface area (Å²) in [6, 6.07) is 10.2. The molecule has 0 spiro atoms. The lowest BCUT2D eigenvalue weighted by molar-refractivity contribution is 0.0793. The van der Waals surface area contributed by atoms with Gasteiger partial charge in [0.25, 0.3) is 0 Å². The lowest BCUT2D eigenvalue weighted by atomic mass is 10.0. The summed E-state index contributed by atoms with van der Waals surface area (Å²) in [4.78, 5) is 2.47. The third-order valence-corrected chi connectivity index (χ3v) is 4.44. The maximum Gasteiger partial charge on any atom is 0.0615 e. The van der Waals surface area contributed by atoms with Gasteiger partial charge >= 0.3 is 0 Å². The van der Waals surface area contributed by atoms with Crippen LogP contribution < -0.4 is 5.32 Å². The Morgan fingerprint density at radius 2 is 2.15 bits per heavy atom. The SMILES string of the molecule is CCCNC1c2ccccc2CC1N(C)C(C)COC. The third-order valence-electron chi connectivity index (χ3n) is 4.44. The number of likely N-dealkylation sites (N-methyl/N-ethyl adjacent to an activating group) is 1. The zero-order valence-electron chi connectivity index (χ0n) is 13.2. The topological polar surface area (TPSA) is 24.5 Å². The summed E-state index contributed by atoms with van der Waals surface area (Å²) >= 11 is 0. The van der Waals surface area contributed by atoms with Crippen LogP contribution in [0, 0.1) is 0 Å². The molecule has 3 nitrogen and oxygen atoms in total. The van der Waals surface area contributed by atoms with E-state index in [0.717, 1.165) is 19.6 Å². The number of nitrogens with zero attached hydrogens (tertiary/aromatic N) is 1. The van der Waals surface area contributed by atoms with E-state index in [-0.39, 0.29) is 0 Å². The molecule has 0 radical (unpaired) electrons. The number of benzene rings is 1. The first-order valence-electron chi connectivity index (χ1n) is 7.71. The zero-order valence-corrected chi connectivity index (χ0v) is 13.2. The minimum atomic E-state index is 0.435. The number of nitrogens with one attached hydrogen (secondary N) is 1. The second kappa shape index (κ2) is 7.21. The molecule has 0 saturated heterocycles. The number of hydrogen-bond acceptors (Lipinski definition) is 3. The predicted octanol–water partition coefficient (Wildman–Crippen LogP) is 2.62. The molecule has 3 atom stereocenters. The number of rotatable bonds is 7. The van der Waals surface area contributed by atoms with E-state index in [0.29, 0.717) is 18.1 Å². The summed E-state index contributed by atoms with van der Waals surface area (Å²) in [6.45, 7) is 6.31. The van der Waals surface area contributed by atoms with Crippen molar-refractivity contribution in [2.45, 2.75) is 44.8 Å². The van der Waals surface area contributed by atoms with Crippen molar-refractivity contribution < 1.29 is 4.74 Å². The summed E-state index contributed by atoms with van der Waals surface area (Å²) in [5, 5.41) is 3.73. The molecule has 0 aliphatic heterocycles. The largest absolute Gasteiger partial charge is 0.383 e. The minimum Gasteiger partial charge on any atom is -0.383 e. The number of methoxy groups -OCH3 is 1. The predicted molar refractivity (Wildman–Crippen MR) is 84.1 cm³/mol. The first-order valence-corrected chi connectivity index (χ1v) is 7.71. The molecule has 0 saturated carbocycles. The highest BCUT2D eigenvalue weighted by atomic mass is 16.5. The Labute approximate surface area is 123 Å². The van der Waals surface area contributed by atoms with E-state index in [1.165, 1.54) is 17.5 Å². The Bertz CT molecular complexity index is 421. The zero-order chi connectivity index (χ0) is 14.5. The highest BCUT2D eigenvalue weighted by Gasteiger charge is 2.35. The molecule has 112 valence electrons. The molecule has 1 aromatic carbocycles. The number of fused-ring (bicyclic) bond motifs is 1. The van der Waals surface area contributed by atoms with Gasteiger partial charge in [0, 0.05) is 25.2 Å². The molecule has 1 N–H and O–H groups in total. The maximum atomic E-state index is 5.32. The van der Waals surface area contributed by atoms with E-state index >= 15 is 0 Å². The Kier molecular flexibility index (Phi) is 5.58. The smallest absolute Gasteiger partial charge is 0.0615 e. The van der Waals surface area contributed by atoms with Crippen LogP contribution in [0.2, 0.25) is 0 Å². The summed E-state index contributed by atoms with van der Waals surface area (Å²) in [7, 11) is 4.00. The van der Waals surface area contributed by atoms with Crippen LogP contribution in [0.1, 0.15) is 37.4 Å². The average Bonchev–Trinajstić information content (AvgIpc) is 2.83. The van der Waals surface area contributed by atoms with Gasteiger partial charge in [0.05, 0.1) is 6.61 Å². The molecule has 0 fully saturated rings. The van der Waals surface area contributed by atoms with Crippen molar-refractivity contribution in [2.24, 2.45) is 0 Å². The van der Waals surface area contributed by atoms with Crippen molar-refractivity contribution in [3.8, 4) is 0 Å². The Balaban J connectivity index is 2.16. The van der Waals surface area contributed by atoms with Crippen LogP contribution in [-0.4, -0.2) is 44.3 Å². The van der Waals surface area contributed by atoms with Gasteiger partial charge < -0.3 is 10.1 Å². The molecular formula is C17H28N2O. The van der Waals surface area contributed by atoms with Crippen molar-refractivity contribution in [1.82, 2.24) is 10.2 Å². The maximum absolute atomic E-state index is 5.32. The van der Waals surface area contributed by atoms with Crippen molar-refractivity contribution in [3.05, 3.63) is 35.4 Å². The van der Waals surface area contributed by atoms with Gasteiger partial charge in [0.15, 0.2) is 0 Å². The van der Waals surface area contributed by atoms with Crippen molar-refractivity contribution in [2.75, 3.05) is 27.3 Å². The highest BCUT2D eigenvalue weighted by molar-refractivity contribution is 5.37. The van der Waals surface area contributed by atoms with Crippen LogP contribution >= 0.6 is 0 Å². The van der Waals surface area contributed by atoms with Gasteiger partial charge in [-0.15, -0.1) is 0 Å². The molecule has 3 heteroatoms. The fourth-order valence-corrected chi connectivity index (χ4v) is 3.18. The first-order chi connectivity index (χ1) is 9.69. The van der Waals surface area contributed by atoms with E-state index in [1.807, 2.05) is 0 Å². The first kappa shape index (κ1) is 15.5. The molecule has 1 aliphatic carbocycles. The standard InChI is InChI=1S/C17H28N2O/c1-5-10-18-17-15-9-7-6-8-14(15)11-16(17)19(3)13(2)12-20-4/h6-9,13,16-18H,5,10-12H2,1-4H3. The Hall–Kier alpha value is -0.900. The van der Waals surface area contributed by atoms with Gasteiger partial charge in [0.2, 0.25) is 0 Å². The van der Waals surface area contributed by atoms with Crippen LogP contribution in [0.5, 0.6) is 0 Å². The fourth-order valence-electron chi connectivity index (χ4n) is 3.18. The van der Waals surface area contributed by atoms with E-state index in [4.69, 9.17) is 4.74 Å². The second-order valence-corrected chi connectivity index (χ2v) is 5.87. The Morgan fingerprint density at radius 1 is 1.40 bits per heavy atom. The third kappa shape index (κ3) is 3.22. The molecule has 0 aromatic heterocycles. The lowest BCUT2D eigenvalue weighted by Gasteiger charge is -2.34. The summed E-state index contributed by atoms with van der Waals surface area (Å²) in [6.07, 6.45) is 2.30. The van der Waals surface area contributed by atoms with Crippen LogP contribution in [0.3, 0.4) is 0 Å². The normalized spacial score (nSPS) is 23.1. The van der Waals surface area contributed by atoms with Crippen LogP contribution in [0.4, 0.5) is 0 Å². The Morgan fingerprint density at radius 3 is 2.85 bits per heavy atom. The van der Waals surface area contributed by atoms with Crippen molar-refractivity contribution in [3.63, 3.8) is 0 Å². The number of hydrogen-bond donors (Lipinski definition) is 1. The molecule has 0 bridgehead atoms. The molecule has 20 heavy (non-hydrogen) atoms. The van der Waals surface area contributed by atoms with Crippen LogP contribution in [0.15, 0.2) is 24.3 Å². The van der Waals surface area contributed by atoms with Crippen LogP contribution in [-0.2, 0) is 11.2 Å². The monoisotopic (exact) mass is 276 g/mol. The van der Waals surface area contributed by atoms with E-state index < -0.39 is 0 Å². The van der Waals surface area contributed by atoms with E-state index in [2.05, 4.69) is 55.4 Å². The summed E-state index contributed by atoms with van der Waals surface area (Å²) in [5.41, 5.74) is 2.96. The molecule has 3 unspecified atom stereocenters. The quantitative estimate of drug-likeness (QED) is 0.828. The fraction of sp³-hybridized carbons (Fsp3) is 0.647. The van der Waals surface area contributed by atoms with Crippen molar-refractivity contribution >= 4 is 0 Å². The van der Waals surface area contributed by atoms with Crippen molar-refractivity contribution in [1.29, 1.82) is 0 Å². The molecular weight excluding hydrogens is 248 g/mol. The van der Waals surface area contributed by atoms with Gasteiger partial charge in [-0.25, -0.2) is 0 Å². The van der Waals surface area contributed by atoms with E-state index in [1.54, 1.807) is 7.11 Å². The molecule has 2 rings (SSSR count). The molecule has 0 amide bonds. The van der Waals surface area contributed by atoms with E-state index in [9.17, 15) is 0 Å². The van der Waals surface area contributed by atoms with Gasteiger partial charge in [0.1, 0.15) is 0 Å². The highest BCUT2D eigenvalue weighted by Crippen LogP contribution is 2.34. The summed E-state index contributed by atoms with van der Waals surface area (Å²) < 4.78 is 5.32. The average molecular weight is 276 g/mol. The molecule has 0 heterocycles. The number of ether oxygens (including phenoxy) is 1. The van der Waals surface area contributed by atoms with Gasteiger partial charge in [-0.3, -0.25) is 4.90 Å². The molecule has 1 aliphatic rings. The lowest BCUT2D eigenvalue weighted by Crippen LogP contribution is -2.46. The van der Waals surface area contributed by atoms with Gasteiger partial charge in [-0.2, -0.15) is 0 Å².